The van der Waals surface area contributed by atoms with Crippen molar-refractivity contribution in [2.45, 2.75) is 33.2 Å². The van der Waals surface area contributed by atoms with Gasteiger partial charge in [0.1, 0.15) is 18.4 Å². The van der Waals surface area contributed by atoms with Gasteiger partial charge in [0.05, 0.1) is 18.0 Å². The topological polar surface area (TPSA) is 116 Å². The van der Waals surface area contributed by atoms with Crippen molar-refractivity contribution < 1.29 is 24.2 Å². The van der Waals surface area contributed by atoms with Gasteiger partial charge in [0.25, 0.3) is 5.91 Å². The number of aliphatic carboxylic acids is 1. The predicted molar refractivity (Wildman–Crippen MR) is 102 cm³/mol. The van der Waals surface area contributed by atoms with Gasteiger partial charge in [-0.3, -0.25) is 4.79 Å². The highest BCUT2D eigenvalue weighted by atomic mass is 16.5. The van der Waals surface area contributed by atoms with Crippen molar-refractivity contribution in [1.29, 1.82) is 0 Å². The lowest BCUT2D eigenvalue weighted by atomic mass is 10.0. The van der Waals surface area contributed by atoms with Crippen molar-refractivity contribution in [1.82, 2.24) is 20.3 Å². The minimum atomic E-state index is -1.07. The Bertz CT molecular complexity index is 801. The first kappa shape index (κ1) is 21.4. The van der Waals surface area contributed by atoms with Crippen LogP contribution in [-0.4, -0.2) is 58.3 Å². The summed E-state index contributed by atoms with van der Waals surface area (Å²) < 4.78 is 10.4. The van der Waals surface area contributed by atoms with Crippen molar-refractivity contribution in [2.24, 2.45) is 5.92 Å². The fourth-order valence-corrected chi connectivity index (χ4v) is 2.54. The van der Waals surface area contributed by atoms with Gasteiger partial charge >= 0.3 is 5.97 Å². The molecule has 0 unspecified atom stereocenters. The minimum Gasteiger partial charge on any atom is -0.491 e. The molecule has 0 spiro atoms. The summed E-state index contributed by atoms with van der Waals surface area (Å²) in [6, 6.07) is 6.10. The lowest BCUT2D eigenvalue weighted by Crippen LogP contribution is -2.42. The van der Waals surface area contributed by atoms with Gasteiger partial charge in [-0.15, -0.1) is 5.10 Å². The maximum absolute atomic E-state index is 12.5. The fourth-order valence-electron chi connectivity index (χ4n) is 2.54. The molecule has 0 aliphatic rings. The maximum Gasteiger partial charge on any atom is 0.326 e. The van der Waals surface area contributed by atoms with E-state index in [0.29, 0.717) is 36.8 Å². The van der Waals surface area contributed by atoms with Crippen LogP contribution < -0.4 is 10.1 Å². The molecule has 0 radical (unpaired) electrons. The van der Waals surface area contributed by atoms with Crippen LogP contribution in [-0.2, 0) is 9.53 Å². The Labute approximate surface area is 163 Å². The Hall–Kier alpha value is -2.94. The van der Waals surface area contributed by atoms with Gasteiger partial charge < -0.3 is 19.9 Å². The molecule has 0 saturated heterocycles. The normalized spacial score (nSPS) is 12.0. The highest BCUT2D eigenvalue weighted by Gasteiger charge is 2.24. The predicted octanol–water partition coefficient (Wildman–Crippen LogP) is 1.83. The third-order valence-corrected chi connectivity index (χ3v) is 3.93. The highest BCUT2D eigenvalue weighted by molar-refractivity contribution is 5.95. The summed E-state index contributed by atoms with van der Waals surface area (Å²) in [6.45, 7) is 6.38. The number of carbonyl (C=O) groups is 2. The molecular formula is C19H26N4O5. The Kier molecular flexibility index (Phi) is 7.51. The SMILES string of the molecule is COCCOc1ccc(-n2nc(C)c(C(=O)N[C@H](CC(C)C)C(=O)O)n2)cc1. The van der Waals surface area contributed by atoms with E-state index in [9.17, 15) is 14.7 Å². The lowest BCUT2D eigenvalue weighted by Gasteiger charge is -2.15. The number of hydrogen-bond acceptors (Lipinski definition) is 6. The molecule has 0 aliphatic heterocycles. The third-order valence-electron chi connectivity index (χ3n) is 3.93. The molecule has 28 heavy (non-hydrogen) atoms. The maximum atomic E-state index is 12.5. The van der Waals surface area contributed by atoms with Crippen LogP contribution in [0.3, 0.4) is 0 Å². The molecule has 9 heteroatoms. The van der Waals surface area contributed by atoms with Gasteiger partial charge in [-0.25, -0.2) is 4.79 Å². The molecule has 152 valence electrons. The third kappa shape index (κ3) is 5.78. The van der Waals surface area contributed by atoms with E-state index in [-0.39, 0.29) is 11.6 Å². The van der Waals surface area contributed by atoms with Crippen LogP contribution in [0.1, 0.15) is 36.5 Å². The summed E-state index contributed by atoms with van der Waals surface area (Å²) in [5.74, 6) is -0.823. The summed E-state index contributed by atoms with van der Waals surface area (Å²) in [5.41, 5.74) is 1.15. The van der Waals surface area contributed by atoms with Crippen molar-refractivity contribution >= 4 is 11.9 Å². The Morgan fingerprint density at radius 2 is 1.86 bits per heavy atom. The number of nitrogens with one attached hydrogen (secondary N) is 1. The summed E-state index contributed by atoms with van der Waals surface area (Å²) in [7, 11) is 1.60. The molecule has 0 aliphatic carbocycles. The summed E-state index contributed by atoms with van der Waals surface area (Å²) >= 11 is 0. The smallest absolute Gasteiger partial charge is 0.326 e. The van der Waals surface area contributed by atoms with Crippen molar-refractivity contribution in [2.75, 3.05) is 20.3 Å². The van der Waals surface area contributed by atoms with Crippen molar-refractivity contribution in [3.05, 3.63) is 35.7 Å². The quantitative estimate of drug-likeness (QED) is 0.595. The molecule has 0 saturated carbocycles. The number of amides is 1. The monoisotopic (exact) mass is 390 g/mol. The first-order chi connectivity index (χ1) is 13.3. The molecule has 9 nitrogen and oxygen atoms in total. The van der Waals surface area contributed by atoms with Gasteiger partial charge in [0.2, 0.25) is 0 Å². The van der Waals surface area contributed by atoms with Gasteiger partial charge in [-0.1, -0.05) is 13.8 Å². The first-order valence-corrected chi connectivity index (χ1v) is 9.01. The molecule has 2 N–H and O–H groups in total. The molecule has 0 bridgehead atoms. The zero-order chi connectivity index (χ0) is 20.7. The standard InChI is InChI=1S/C19H26N4O5/c1-12(2)11-16(19(25)26)20-18(24)17-13(3)21-23(22-17)14-5-7-15(8-6-14)28-10-9-27-4/h5-8,12,16H,9-11H2,1-4H3,(H,20,24)(H,25,26)/t16-/m1/s1. The van der Waals surface area contributed by atoms with Crippen LogP contribution in [0.4, 0.5) is 0 Å². The second-order valence-corrected chi connectivity index (χ2v) is 6.75. The number of hydrogen-bond donors (Lipinski definition) is 2. The molecule has 1 aromatic carbocycles. The fraction of sp³-hybridized carbons (Fsp3) is 0.474. The van der Waals surface area contributed by atoms with E-state index in [2.05, 4.69) is 15.5 Å². The number of rotatable bonds is 10. The number of carbonyl (C=O) groups excluding carboxylic acids is 1. The zero-order valence-electron chi connectivity index (χ0n) is 16.5. The van der Waals surface area contributed by atoms with Gasteiger partial charge in [-0.2, -0.15) is 9.90 Å². The second-order valence-electron chi connectivity index (χ2n) is 6.75. The number of aromatic nitrogens is 3. The minimum absolute atomic E-state index is 0.0930. The number of methoxy groups -OCH3 is 1. The van der Waals surface area contributed by atoms with E-state index in [4.69, 9.17) is 9.47 Å². The van der Waals surface area contributed by atoms with Crippen LogP contribution in [0.25, 0.3) is 5.69 Å². The molecule has 2 aromatic rings. The van der Waals surface area contributed by atoms with Crippen molar-refractivity contribution in [3.8, 4) is 11.4 Å². The van der Waals surface area contributed by atoms with E-state index in [1.165, 1.54) is 4.80 Å². The van der Waals surface area contributed by atoms with Crippen LogP contribution >= 0.6 is 0 Å². The van der Waals surface area contributed by atoms with Gasteiger partial charge in [0.15, 0.2) is 5.69 Å². The Morgan fingerprint density at radius 1 is 1.18 bits per heavy atom. The van der Waals surface area contributed by atoms with E-state index in [0.717, 1.165) is 0 Å². The first-order valence-electron chi connectivity index (χ1n) is 9.01. The van der Waals surface area contributed by atoms with Gasteiger partial charge in [-0.05, 0) is 43.5 Å². The van der Waals surface area contributed by atoms with Crippen LogP contribution in [0, 0.1) is 12.8 Å². The molecule has 2 rings (SSSR count). The van der Waals surface area contributed by atoms with E-state index in [1.54, 1.807) is 38.3 Å². The van der Waals surface area contributed by atoms with Crippen molar-refractivity contribution in [3.63, 3.8) is 0 Å². The second kappa shape index (κ2) is 9.84. The van der Waals surface area contributed by atoms with Crippen LogP contribution in [0.15, 0.2) is 24.3 Å². The average Bonchev–Trinajstić information content (AvgIpc) is 3.03. The largest absolute Gasteiger partial charge is 0.491 e. The number of carboxylic acid groups (broad SMARTS) is 1. The number of nitrogens with zero attached hydrogens (tertiary/aromatic N) is 3. The molecule has 1 amide bonds. The number of carboxylic acids is 1. The Morgan fingerprint density at radius 3 is 2.43 bits per heavy atom. The van der Waals surface area contributed by atoms with Crippen LogP contribution in [0.5, 0.6) is 5.75 Å². The summed E-state index contributed by atoms with van der Waals surface area (Å²) in [6.07, 6.45) is 0.332. The number of benzene rings is 1. The molecular weight excluding hydrogens is 364 g/mol. The highest BCUT2D eigenvalue weighted by Crippen LogP contribution is 2.15. The van der Waals surface area contributed by atoms with E-state index >= 15 is 0 Å². The number of ether oxygens (including phenoxy) is 2. The zero-order valence-corrected chi connectivity index (χ0v) is 16.5. The molecule has 1 heterocycles. The molecule has 0 fully saturated rings. The summed E-state index contributed by atoms with van der Waals surface area (Å²) in [4.78, 5) is 25.2. The van der Waals surface area contributed by atoms with E-state index in [1.807, 2.05) is 13.8 Å². The molecule has 1 aromatic heterocycles. The van der Waals surface area contributed by atoms with Crippen LogP contribution in [0.2, 0.25) is 0 Å². The Balaban J connectivity index is 2.11. The van der Waals surface area contributed by atoms with E-state index < -0.39 is 17.9 Å². The summed E-state index contributed by atoms with van der Waals surface area (Å²) in [5, 5.41) is 20.3. The average molecular weight is 390 g/mol. The van der Waals surface area contributed by atoms with Gasteiger partial charge in [0, 0.05) is 7.11 Å². The number of aryl methyl sites for hydroxylation is 1. The lowest BCUT2D eigenvalue weighted by molar-refractivity contribution is -0.139. The molecule has 1 atom stereocenters.